The quantitative estimate of drug-likeness (QED) is 0.895. The summed E-state index contributed by atoms with van der Waals surface area (Å²) in [7, 11) is 0. The molecule has 0 amide bonds. The molecule has 2 aromatic carbocycles. The van der Waals surface area contributed by atoms with Gasteiger partial charge in [-0.1, -0.05) is 17.7 Å². The van der Waals surface area contributed by atoms with Gasteiger partial charge in [0.25, 0.3) is 0 Å². The highest BCUT2D eigenvalue weighted by Gasteiger charge is 2.27. The van der Waals surface area contributed by atoms with E-state index >= 15 is 0 Å². The second-order valence-electron chi connectivity index (χ2n) is 5.41. The minimum absolute atomic E-state index is 0.0149. The number of hydrogen-bond donors (Lipinski definition) is 2. The van der Waals surface area contributed by atoms with Crippen molar-refractivity contribution in [3.8, 4) is 6.07 Å². The Morgan fingerprint density at radius 2 is 2.14 bits per heavy atom. The van der Waals surface area contributed by atoms with Crippen LogP contribution in [0.1, 0.15) is 28.3 Å². The third-order valence-electron chi connectivity index (χ3n) is 3.89. The molecule has 2 aromatic rings. The number of aliphatic hydroxyl groups excluding tert-OH is 1. The van der Waals surface area contributed by atoms with Gasteiger partial charge in [0, 0.05) is 11.1 Å². The fraction of sp³-hybridized carbons (Fsp3) is 0.235. The third kappa shape index (κ3) is 2.84. The Morgan fingerprint density at radius 3 is 2.82 bits per heavy atom. The number of benzene rings is 2. The van der Waals surface area contributed by atoms with Gasteiger partial charge in [-0.2, -0.15) is 5.26 Å². The minimum Gasteiger partial charge on any atom is -0.395 e. The maximum Gasteiger partial charge on any atom is 0.125 e. The molecule has 0 aromatic heterocycles. The molecule has 2 atom stereocenters. The van der Waals surface area contributed by atoms with Gasteiger partial charge in [0.1, 0.15) is 5.82 Å². The van der Waals surface area contributed by atoms with Crippen LogP contribution in [0.2, 0.25) is 5.02 Å². The number of nitrogens with zero attached hydrogens (tertiary/aromatic N) is 1. The van der Waals surface area contributed by atoms with Crippen LogP contribution in [-0.2, 0) is 6.42 Å². The average molecular weight is 317 g/mol. The first-order valence-electron chi connectivity index (χ1n) is 6.96. The first-order valence-corrected chi connectivity index (χ1v) is 7.34. The third-order valence-corrected chi connectivity index (χ3v) is 4.11. The Bertz CT molecular complexity index is 737. The number of halogens is 2. The summed E-state index contributed by atoms with van der Waals surface area (Å²) < 4.78 is 13.7. The molecule has 1 aliphatic rings. The number of aliphatic hydroxyl groups is 1. The predicted octanol–water partition coefficient (Wildman–Crippen LogP) is 2.95. The number of rotatable bonds is 2. The summed E-state index contributed by atoms with van der Waals surface area (Å²) in [6, 6.07) is 11.5. The monoisotopic (exact) mass is 316 g/mol. The Kier molecular flexibility index (Phi) is 4.12. The second kappa shape index (κ2) is 6.05. The Labute approximate surface area is 133 Å². The van der Waals surface area contributed by atoms with Gasteiger partial charge in [-0.3, -0.25) is 0 Å². The summed E-state index contributed by atoms with van der Waals surface area (Å²) in [5, 5.41) is 22.2. The van der Waals surface area contributed by atoms with E-state index in [4.69, 9.17) is 16.9 Å². The molecule has 0 bridgehead atoms. The van der Waals surface area contributed by atoms with E-state index in [1.807, 2.05) is 6.07 Å². The van der Waals surface area contributed by atoms with Crippen molar-refractivity contribution in [2.24, 2.45) is 0 Å². The van der Waals surface area contributed by atoms with Crippen molar-refractivity contribution in [1.82, 2.24) is 5.32 Å². The SMILES string of the molecule is N#Cc1ccc2c(c1)[C@H](c1cc(F)cc(Cl)c1)N[C@H](CO)C2. The van der Waals surface area contributed by atoms with Gasteiger partial charge >= 0.3 is 0 Å². The van der Waals surface area contributed by atoms with Crippen LogP contribution in [0.15, 0.2) is 36.4 Å². The normalized spacial score (nSPS) is 20.3. The van der Waals surface area contributed by atoms with E-state index < -0.39 is 5.82 Å². The molecule has 3 rings (SSSR count). The largest absolute Gasteiger partial charge is 0.395 e. The standard InChI is InChI=1S/C17H14ClFN2O/c18-13-4-12(5-14(19)7-13)17-16-3-10(8-20)1-2-11(16)6-15(9-22)21-17/h1-5,7,15,17,21-22H,6,9H2/t15-,17-/m0/s1. The Morgan fingerprint density at radius 1 is 1.32 bits per heavy atom. The predicted molar refractivity (Wildman–Crippen MR) is 82.1 cm³/mol. The summed E-state index contributed by atoms with van der Waals surface area (Å²) in [4.78, 5) is 0. The first kappa shape index (κ1) is 15.0. The molecular formula is C17H14ClFN2O. The van der Waals surface area contributed by atoms with Crippen molar-refractivity contribution in [2.45, 2.75) is 18.5 Å². The summed E-state index contributed by atoms with van der Waals surface area (Å²) >= 11 is 5.96. The molecule has 0 fully saturated rings. The van der Waals surface area contributed by atoms with Gasteiger partial charge in [0.05, 0.1) is 24.3 Å². The van der Waals surface area contributed by atoms with Crippen LogP contribution >= 0.6 is 11.6 Å². The zero-order valence-electron chi connectivity index (χ0n) is 11.7. The lowest BCUT2D eigenvalue weighted by Crippen LogP contribution is -2.42. The van der Waals surface area contributed by atoms with Crippen LogP contribution in [0.5, 0.6) is 0 Å². The maximum atomic E-state index is 13.7. The smallest absolute Gasteiger partial charge is 0.125 e. The van der Waals surface area contributed by atoms with Gasteiger partial charge in [0.15, 0.2) is 0 Å². The van der Waals surface area contributed by atoms with E-state index in [2.05, 4.69) is 11.4 Å². The van der Waals surface area contributed by atoms with E-state index in [1.165, 1.54) is 12.1 Å². The van der Waals surface area contributed by atoms with Crippen molar-refractivity contribution < 1.29 is 9.50 Å². The fourth-order valence-electron chi connectivity index (χ4n) is 2.90. The molecule has 0 saturated carbocycles. The van der Waals surface area contributed by atoms with E-state index in [-0.39, 0.29) is 18.7 Å². The molecule has 1 aliphatic heterocycles. The summed E-state index contributed by atoms with van der Waals surface area (Å²) in [5.74, 6) is -0.409. The molecule has 0 spiro atoms. The molecule has 0 unspecified atom stereocenters. The van der Waals surface area contributed by atoms with E-state index in [0.29, 0.717) is 22.6 Å². The Hall–Kier alpha value is -1.93. The lowest BCUT2D eigenvalue weighted by molar-refractivity contribution is 0.229. The molecular weight excluding hydrogens is 303 g/mol. The lowest BCUT2D eigenvalue weighted by Gasteiger charge is -2.33. The van der Waals surface area contributed by atoms with Crippen LogP contribution < -0.4 is 5.32 Å². The van der Waals surface area contributed by atoms with Crippen LogP contribution in [0.4, 0.5) is 4.39 Å². The van der Waals surface area contributed by atoms with Gasteiger partial charge in [-0.05, 0) is 53.4 Å². The summed E-state index contributed by atoms with van der Waals surface area (Å²) in [6.07, 6.45) is 0.664. The molecule has 112 valence electrons. The molecule has 0 radical (unpaired) electrons. The average Bonchev–Trinajstić information content (AvgIpc) is 2.52. The van der Waals surface area contributed by atoms with Crippen LogP contribution in [0.3, 0.4) is 0 Å². The molecule has 5 heteroatoms. The van der Waals surface area contributed by atoms with Crippen LogP contribution in [0, 0.1) is 17.1 Å². The molecule has 1 heterocycles. The first-order chi connectivity index (χ1) is 10.6. The second-order valence-corrected chi connectivity index (χ2v) is 5.85. The molecule has 0 saturated heterocycles. The Balaban J connectivity index is 2.12. The highest BCUT2D eigenvalue weighted by molar-refractivity contribution is 6.30. The van der Waals surface area contributed by atoms with Crippen LogP contribution in [-0.4, -0.2) is 17.8 Å². The van der Waals surface area contributed by atoms with Crippen LogP contribution in [0.25, 0.3) is 0 Å². The lowest BCUT2D eigenvalue weighted by atomic mass is 9.86. The fourth-order valence-corrected chi connectivity index (χ4v) is 3.13. The highest BCUT2D eigenvalue weighted by atomic mass is 35.5. The molecule has 3 nitrogen and oxygen atoms in total. The number of fused-ring (bicyclic) bond motifs is 1. The van der Waals surface area contributed by atoms with E-state index in [1.54, 1.807) is 18.2 Å². The van der Waals surface area contributed by atoms with Crippen molar-refractivity contribution >= 4 is 11.6 Å². The van der Waals surface area contributed by atoms with Gasteiger partial charge < -0.3 is 10.4 Å². The maximum absolute atomic E-state index is 13.7. The summed E-state index contributed by atoms with van der Waals surface area (Å²) in [6.45, 7) is -0.0149. The summed E-state index contributed by atoms with van der Waals surface area (Å²) in [5.41, 5.74) is 3.20. The van der Waals surface area contributed by atoms with Gasteiger partial charge in [-0.25, -0.2) is 4.39 Å². The number of nitrogens with one attached hydrogen (secondary N) is 1. The number of nitriles is 1. The van der Waals surface area contributed by atoms with Crippen molar-refractivity contribution in [3.05, 3.63) is 69.5 Å². The zero-order valence-corrected chi connectivity index (χ0v) is 12.4. The van der Waals surface area contributed by atoms with Crippen molar-refractivity contribution in [2.75, 3.05) is 6.61 Å². The van der Waals surface area contributed by atoms with E-state index in [9.17, 15) is 9.50 Å². The van der Waals surface area contributed by atoms with Gasteiger partial charge in [0.2, 0.25) is 0 Å². The van der Waals surface area contributed by atoms with Gasteiger partial charge in [-0.15, -0.1) is 0 Å². The molecule has 22 heavy (non-hydrogen) atoms. The van der Waals surface area contributed by atoms with Crippen molar-refractivity contribution in [1.29, 1.82) is 5.26 Å². The topological polar surface area (TPSA) is 56.0 Å². The zero-order chi connectivity index (χ0) is 15.7. The molecule has 2 N–H and O–H groups in total. The molecule has 0 aliphatic carbocycles. The minimum atomic E-state index is -0.409. The van der Waals surface area contributed by atoms with Crippen molar-refractivity contribution in [3.63, 3.8) is 0 Å². The highest BCUT2D eigenvalue weighted by Crippen LogP contribution is 2.33. The van der Waals surface area contributed by atoms with E-state index in [0.717, 1.165) is 11.1 Å². The number of hydrogen-bond acceptors (Lipinski definition) is 3.